The van der Waals surface area contributed by atoms with Crippen molar-refractivity contribution in [3.8, 4) is 0 Å². The molecule has 0 N–H and O–H groups in total. The molecule has 0 amide bonds. The van der Waals surface area contributed by atoms with Crippen molar-refractivity contribution in [2.24, 2.45) is 0 Å². The van der Waals surface area contributed by atoms with Crippen LogP contribution in [0.3, 0.4) is 0 Å². The third-order valence-electron chi connectivity index (χ3n) is 0. The quantitative estimate of drug-likeness (QED) is 0.440. The summed E-state index contributed by atoms with van der Waals surface area (Å²) in [6.07, 6.45) is 0. The maximum Gasteiger partial charge on any atom is 0 e. The number of hydrogen-bond acceptors (Lipinski definition) is 0. The Balaban J connectivity index is 0. The zero-order valence-electron chi connectivity index (χ0n) is 1.76. The molecule has 0 heterocycles. The van der Waals surface area contributed by atoms with Gasteiger partial charge in [0.15, 0.2) is 0 Å². The zero-order valence-corrected chi connectivity index (χ0v) is 10.6. The molecule has 0 aliphatic carbocycles. The van der Waals surface area contributed by atoms with Gasteiger partial charge in [0.2, 0.25) is 0 Å². The van der Waals surface area contributed by atoms with Gasteiger partial charge in [0.25, 0.3) is 0 Å². The van der Waals surface area contributed by atoms with Crippen LogP contribution in [0, 0.1) is 0 Å². The molecule has 4 heavy (non-hydrogen) atoms. The van der Waals surface area contributed by atoms with Crippen molar-refractivity contribution >= 4 is 50.1 Å². The Morgan fingerprint density at radius 2 is 1.00 bits per heavy atom. The molecule has 0 aromatic heterocycles. The fourth-order valence-electron chi connectivity index (χ4n) is 0. The third kappa shape index (κ3) is 8.86. The Labute approximate surface area is 86.7 Å². The standard InChI is InChI=1S/Bi.Ni.Sn.Ti. The second kappa shape index (κ2) is 16.9. The molecule has 0 rings (SSSR count). The fourth-order valence-corrected chi connectivity index (χ4v) is 0. The Morgan fingerprint density at radius 3 is 1.00 bits per heavy atom. The van der Waals surface area contributed by atoms with E-state index in [0.717, 1.165) is 0 Å². The van der Waals surface area contributed by atoms with Crippen LogP contribution in [-0.2, 0) is 38.2 Å². The van der Waals surface area contributed by atoms with Crippen LogP contribution in [0.4, 0.5) is 0 Å². The Morgan fingerprint density at radius 1 is 1.00 bits per heavy atom. The summed E-state index contributed by atoms with van der Waals surface area (Å²) in [4.78, 5) is 0. The van der Waals surface area contributed by atoms with Gasteiger partial charge in [-0.3, -0.25) is 0 Å². The normalized spacial score (nSPS) is 0. The Bertz CT molecular complexity index is 8.00. The summed E-state index contributed by atoms with van der Waals surface area (Å²) in [6, 6.07) is 0. The fraction of sp³-hybridized carbons (Fsp3) is 0. The van der Waals surface area contributed by atoms with Crippen molar-refractivity contribution in [1.82, 2.24) is 0 Å². The largest absolute Gasteiger partial charge is 0 e. The maximum atomic E-state index is 0. The van der Waals surface area contributed by atoms with E-state index in [1.165, 1.54) is 0 Å². The van der Waals surface area contributed by atoms with Crippen LogP contribution in [0.2, 0.25) is 0 Å². The molecular weight excluding hydrogens is 434 g/mol. The predicted molar refractivity (Wildman–Crippen MR) is 11.5 cm³/mol. The van der Waals surface area contributed by atoms with E-state index in [1.807, 2.05) is 0 Å². The summed E-state index contributed by atoms with van der Waals surface area (Å²) < 4.78 is 0. The van der Waals surface area contributed by atoms with Crippen molar-refractivity contribution in [2.45, 2.75) is 0 Å². The van der Waals surface area contributed by atoms with Crippen molar-refractivity contribution < 1.29 is 38.2 Å². The minimum absolute atomic E-state index is 0. The molecule has 0 atom stereocenters. The first kappa shape index (κ1) is 28.6. The molecule has 0 aliphatic rings. The van der Waals surface area contributed by atoms with Gasteiger partial charge in [-0.2, -0.15) is 0 Å². The molecule has 0 unspecified atom stereocenters. The third-order valence-corrected chi connectivity index (χ3v) is 0. The predicted octanol–water partition coefficient (Wildman–Crippen LogP) is -0.767. The average molecular weight is 434 g/mol. The molecule has 0 aromatic rings. The maximum absolute atomic E-state index is 0. The molecule has 0 fully saturated rings. The molecule has 0 aliphatic heterocycles. The number of hydrogen-bond donors (Lipinski definition) is 0. The van der Waals surface area contributed by atoms with Gasteiger partial charge in [-0.15, -0.1) is 0 Å². The molecule has 7 radical (unpaired) electrons. The van der Waals surface area contributed by atoms with Crippen molar-refractivity contribution in [3.63, 3.8) is 0 Å². The molecule has 0 bridgehead atoms. The molecule has 23 valence electrons. The average Bonchev–Trinajstić information content (AvgIpc) is 0. The molecular formula is BiNiSnTi. The van der Waals surface area contributed by atoms with Crippen LogP contribution in [-0.4, -0.2) is 50.1 Å². The Kier molecular flexibility index (Phi) is 121. The first-order chi connectivity index (χ1) is 0. The SMILES string of the molecule is [Bi].[Ni].[Sn].[Ti]. The van der Waals surface area contributed by atoms with E-state index in [9.17, 15) is 0 Å². The van der Waals surface area contributed by atoms with Gasteiger partial charge in [-0.05, 0) is 0 Å². The molecule has 0 aromatic carbocycles. The van der Waals surface area contributed by atoms with Gasteiger partial charge < -0.3 is 0 Å². The van der Waals surface area contributed by atoms with E-state index >= 15 is 0 Å². The van der Waals surface area contributed by atoms with Gasteiger partial charge in [0.1, 0.15) is 0 Å². The summed E-state index contributed by atoms with van der Waals surface area (Å²) in [7, 11) is 0. The summed E-state index contributed by atoms with van der Waals surface area (Å²) in [5.74, 6) is 0. The van der Waals surface area contributed by atoms with Gasteiger partial charge in [0, 0.05) is 88.3 Å². The molecule has 0 nitrogen and oxygen atoms in total. The van der Waals surface area contributed by atoms with Gasteiger partial charge >= 0.3 is 0 Å². The summed E-state index contributed by atoms with van der Waals surface area (Å²) in [5, 5.41) is 0. The second-order valence-corrected chi connectivity index (χ2v) is 0. The topological polar surface area (TPSA) is 0 Å². The first-order valence-corrected chi connectivity index (χ1v) is 0. The summed E-state index contributed by atoms with van der Waals surface area (Å²) >= 11 is 0. The van der Waals surface area contributed by atoms with Gasteiger partial charge in [-0.1, -0.05) is 0 Å². The second-order valence-electron chi connectivity index (χ2n) is 0. The minimum Gasteiger partial charge on any atom is 0 e. The van der Waals surface area contributed by atoms with Crippen LogP contribution in [0.25, 0.3) is 0 Å². The Hall–Kier alpha value is 2.89. The molecule has 0 saturated heterocycles. The van der Waals surface area contributed by atoms with E-state index in [4.69, 9.17) is 0 Å². The van der Waals surface area contributed by atoms with E-state index in [-0.39, 0.29) is 88.3 Å². The van der Waals surface area contributed by atoms with E-state index in [1.54, 1.807) is 0 Å². The molecule has 0 spiro atoms. The van der Waals surface area contributed by atoms with Crippen LogP contribution in [0.5, 0.6) is 0 Å². The van der Waals surface area contributed by atoms with E-state index in [2.05, 4.69) is 0 Å². The van der Waals surface area contributed by atoms with E-state index in [0.29, 0.717) is 0 Å². The van der Waals surface area contributed by atoms with Crippen molar-refractivity contribution in [2.75, 3.05) is 0 Å². The molecule has 4 heteroatoms. The van der Waals surface area contributed by atoms with Crippen molar-refractivity contribution in [3.05, 3.63) is 0 Å². The van der Waals surface area contributed by atoms with Crippen LogP contribution in [0.1, 0.15) is 0 Å². The first-order valence-electron chi connectivity index (χ1n) is 0. The monoisotopic (exact) mass is 435 g/mol. The summed E-state index contributed by atoms with van der Waals surface area (Å²) in [5.41, 5.74) is 0. The molecule has 0 saturated carbocycles. The van der Waals surface area contributed by atoms with Gasteiger partial charge in [0.05, 0.1) is 0 Å². The van der Waals surface area contributed by atoms with E-state index < -0.39 is 0 Å². The van der Waals surface area contributed by atoms with Crippen LogP contribution < -0.4 is 0 Å². The van der Waals surface area contributed by atoms with Gasteiger partial charge in [-0.25, -0.2) is 0 Å². The smallest absolute Gasteiger partial charge is 0 e. The summed E-state index contributed by atoms with van der Waals surface area (Å²) in [6.45, 7) is 0. The van der Waals surface area contributed by atoms with Crippen molar-refractivity contribution in [1.29, 1.82) is 0 Å². The van der Waals surface area contributed by atoms with Crippen LogP contribution >= 0.6 is 0 Å². The van der Waals surface area contributed by atoms with Crippen LogP contribution in [0.15, 0.2) is 0 Å². The zero-order chi connectivity index (χ0) is 0. The minimum atomic E-state index is 0. The number of rotatable bonds is 0.